The largest absolute Gasteiger partial charge is 0.488 e. The summed E-state index contributed by atoms with van der Waals surface area (Å²) in [5.74, 6) is -3.65. The lowest BCUT2D eigenvalue weighted by Crippen LogP contribution is -2.35. The van der Waals surface area contributed by atoms with Crippen LogP contribution in [0.5, 0.6) is 5.75 Å². The highest BCUT2D eigenvalue weighted by molar-refractivity contribution is 7.12. The summed E-state index contributed by atoms with van der Waals surface area (Å²) in [6.07, 6.45) is -3.86. The maximum atomic E-state index is 13.6. The third-order valence-electron chi connectivity index (χ3n) is 5.52. The smallest absolute Gasteiger partial charge is 0.426 e. The number of halogens is 3. The molecule has 1 atom stereocenters. The Kier molecular flexibility index (Phi) is 9.11. The summed E-state index contributed by atoms with van der Waals surface area (Å²) in [5, 5.41) is 21.1. The van der Waals surface area contributed by atoms with E-state index in [1.807, 2.05) is 12.1 Å². The van der Waals surface area contributed by atoms with Crippen LogP contribution in [0.3, 0.4) is 0 Å². The Morgan fingerprint density at radius 2 is 1.67 bits per heavy atom. The van der Waals surface area contributed by atoms with Gasteiger partial charge in [0.25, 0.3) is 0 Å². The zero-order valence-electron chi connectivity index (χ0n) is 19.4. The van der Waals surface area contributed by atoms with E-state index < -0.39 is 28.9 Å². The average Bonchev–Trinajstić information content (AvgIpc) is 3.27. The van der Waals surface area contributed by atoms with Gasteiger partial charge in [0.1, 0.15) is 17.2 Å². The Morgan fingerprint density at radius 3 is 2.25 bits per heavy atom. The third kappa shape index (κ3) is 7.56. The molecule has 0 aliphatic carbocycles. The number of hydrogen-bond donors (Lipinski definition) is 3. The summed E-state index contributed by atoms with van der Waals surface area (Å²) >= 11 is 0.673. The zero-order chi connectivity index (χ0) is 26.3. The van der Waals surface area contributed by atoms with Crippen LogP contribution in [0.2, 0.25) is 0 Å². The van der Waals surface area contributed by atoms with Gasteiger partial charge >= 0.3 is 18.1 Å². The van der Waals surface area contributed by atoms with Crippen LogP contribution in [-0.4, -0.2) is 34.7 Å². The zero-order valence-corrected chi connectivity index (χ0v) is 20.2. The monoisotopic (exact) mass is 521 g/mol. The molecule has 6 nitrogen and oxygen atoms in total. The van der Waals surface area contributed by atoms with Crippen molar-refractivity contribution < 1.29 is 37.7 Å². The second-order valence-electron chi connectivity index (χ2n) is 8.32. The van der Waals surface area contributed by atoms with Crippen LogP contribution < -0.4 is 10.1 Å². The number of nitrogens with one attached hydrogen (secondary N) is 1. The second-order valence-corrected chi connectivity index (χ2v) is 9.46. The van der Waals surface area contributed by atoms with Gasteiger partial charge in [0.2, 0.25) is 0 Å². The van der Waals surface area contributed by atoms with Gasteiger partial charge in [-0.15, -0.1) is 11.3 Å². The highest BCUT2D eigenvalue weighted by Crippen LogP contribution is 2.43. The molecule has 36 heavy (non-hydrogen) atoms. The van der Waals surface area contributed by atoms with Crippen molar-refractivity contribution in [3.05, 3.63) is 76.0 Å². The van der Waals surface area contributed by atoms with Gasteiger partial charge in [-0.2, -0.15) is 13.2 Å². The van der Waals surface area contributed by atoms with Crippen molar-refractivity contribution >= 4 is 23.3 Å². The number of benzene rings is 2. The highest BCUT2D eigenvalue weighted by Gasteiger charge is 2.36. The Bertz CT molecular complexity index is 1150. The van der Waals surface area contributed by atoms with Crippen LogP contribution >= 0.6 is 11.3 Å². The number of carbonyl (C=O) groups is 2. The molecule has 192 valence electrons. The van der Waals surface area contributed by atoms with Crippen molar-refractivity contribution in [2.45, 2.75) is 38.6 Å². The molecule has 1 aromatic heterocycles. The van der Waals surface area contributed by atoms with E-state index in [4.69, 9.17) is 14.9 Å². The number of hydrogen-bond acceptors (Lipinski definition) is 5. The van der Waals surface area contributed by atoms with Gasteiger partial charge in [-0.1, -0.05) is 42.5 Å². The summed E-state index contributed by atoms with van der Waals surface area (Å²) < 4.78 is 46.4. The lowest BCUT2D eigenvalue weighted by atomic mass is 10.0. The van der Waals surface area contributed by atoms with Crippen molar-refractivity contribution in [1.29, 1.82) is 0 Å². The van der Waals surface area contributed by atoms with Crippen LogP contribution in [0.4, 0.5) is 13.2 Å². The number of alkyl halides is 3. The summed E-state index contributed by atoms with van der Waals surface area (Å²) in [7, 11) is 0. The molecule has 1 heterocycles. The van der Waals surface area contributed by atoms with Gasteiger partial charge in [0, 0.05) is 16.5 Å². The summed E-state index contributed by atoms with van der Waals surface area (Å²) in [6.45, 7) is 2.26. The first kappa shape index (κ1) is 27.2. The number of thiophene rings is 1. The van der Waals surface area contributed by atoms with Gasteiger partial charge in [-0.3, -0.25) is 9.59 Å². The van der Waals surface area contributed by atoms with Crippen molar-refractivity contribution in [2.75, 3.05) is 6.54 Å². The maximum Gasteiger partial charge on any atom is 0.426 e. The molecule has 0 amide bonds. The van der Waals surface area contributed by atoms with Crippen molar-refractivity contribution in [1.82, 2.24) is 5.32 Å². The highest BCUT2D eigenvalue weighted by atomic mass is 32.1. The van der Waals surface area contributed by atoms with E-state index in [0.29, 0.717) is 40.5 Å². The quantitative estimate of drug-likeness (QED) is 0.264. The van der Waals surface area contributed by atoms with E-state index in [9.17, 15) is 22.8 Å². The molecule has 0 radical (unpaired) electrons. The topological polar surface area (TPSA) is 95.9 Å². The minimum absolute atomic E-state index is 0.00726. The Labute approximate surface area is 210 Å². The minimum Gasteiger partial charge on any atom is -0.488 e. The Hall–Kier alpha value is -3.37. The molecule has 0 saturated heterocycles. The standard InChI is InChI=1S/C26H26F3NO5S/c1-16(13-22(24(31)32)25(33)34)30-12-11-17-7-9-19(10-8-17)35-15-20-14-21(18-5-3-2-4-6-18)23(36-20)26(27,28)29/h2-10,14,16,22,30H,11-13,15H2,1H3,(H,31,32)(H,33,34). The number of rotatable bonds is 12. The summed E-state index contributed by atoms with van der Waals surface area (Å²) in [6, 6.07) is 16.8. The van der Waals surface area contributed by atoms with Crippen LogP contribution in [0, 0.1) is 5.92 Å². The van der Waals surface area contributed by atoms with E-state index in [2.05, 4.69) is 5.32 Å². The van der Waals surface area contributed by atoms with Crippen LogP contribution in [0.15, 0.2) is 60.7 Å². The Morgan fingerprint density at radius 1 is 1.03 bits per heavy atom. The van der Waals surface area contributed by atoms with Gasteiger partial charge in [0.15, 0.2) is 5.92 Å². The second kappa shape index (κ2) is 12.0. The molecule has 1 unspecified atom stereocenters. The molecule has 10 heteroatoms. The lowest BCUT2D eigenvalue weighted by Gasteiger charge is -2.16. The number of carboxylic acid groups (broad SMARTS) is 2. The molecule has 0 saturated carbocycles. The fourth-order valence-corrected chi connectivity index (χ4v) is 4.63. The van der Waals surface area contributed by atoms with Gasteiger partial charge in [-0.05, 0) is 55.6 Å². The molecular formula is C26H26F3NO5S. The lowest BCUT2D eigenvalue weighted by molar-refractivity contribution is -0.155. The molecule has 0 spiro atoms. The van der Waals surface area contributed by atoms with Crippen molar-refractivity contribution in [3.8, 4) is 16.9 Å². The predicted octanol–water partition coefficient (Wildman–Crippen LogP) is 5.71. The average molecular weight is 522 g/mol. The third-order valence-corrected chi connectivity index (χ3v) is 6.68. The van der Waals surface area contributed by atoms with Crippen LogP contribution in [-0.2, 0) is 28.8 Å². The Balaban J connectivity index is 1.53. The number of aliphatic carboxylic acids is 2. The van der Waals surface area contributed by atoms with Gasteiger partial charge < -0.3 is 20.3 Å². The molecule has 3 aromatic rings. The first-order valence-corrected chi connectivity index (χ1v) is 12.0. The fourth-order valence-electron chi connectivity index (χ4n) is 3.67. The first-order chi connectivity index (χ1) is 17.0. The van der Waals surface area contributed by atoms with Crippen molar-refractivity contribution in [3.63, 3.8) is 0 Å². The van der Waals surface area contributed by atoms with Crippen LogP contribution in [0.1, 0.15) is 28.7 Å². The number of ether oxygens (including phenoxy) is 1. The van der Waals surface area contributed by atoms with E-state index in [-0.39, 0.29) is 24.6 Å². The molecular weight excluding hydrogens is 495 g/mol. The predicted molar refractivity (Wildman–Crippen MR) is 130 cm³/mol. The van der Waals surface area contributed by atoms with E-state index in [1.165, 1.54) is 6.07 Å². The van der Waals surface area contributed by atoms with Gasteiger partial charge in [-0.25, -0.2) is 0 Å². The number of carboxylic acids is 2. The first-order valence-electron chi connectivity index (χ1n) is 11.2. The molecule has 2 aromatic carbocycles. The molecule has 0 bridgehead atoms. The minimum atomic E-state index is -4.45. The summed E-state index contributed by atoms with van der Waals surface area (Å²) in [4.78, 5) is 21.8. The molecule has 0 aliphatic rings. The van der Waals surface area contributed by atoms with Crippen LogP contribution in [0.25, 0.3) is 11.1 Å². The normalized spacial score (nSPS) is 12.5. The fraction of sp³-hybridized carbons (Fsp3) is 0.308. The maximum absolute atomic E-state index is 13.6. The van der Waals surface area contributed by atoms with Crippen molar-refractivity contribution in [2.24, 2.45) is 5.92 Å². The SMILES string of the molecule is CC(CC(C(=O)O)C(=O)O)NCCc1ccc(OCc2cc(-c3ccccc3)c(C(F)(F)F)s2)cc1. The molecule has 3 rings (SSSR count). The molecule has 0 aliphatic heterocycles. The molecule has 3 N–H and O–H groups in total. The summed E-state index contributed by atoms with van der Waals surface area (Å²) in [5.41, 5.74) is 1.61. The van der Waals surface area contributed by atoms with E-state index in [0.717, 1.165) is 5.56 Å². The molecule has 0 fully saturated rings. The van der Waals surface area contributed by atoms with E-state index in [1.54, 1.807) is 49.4 Å². The van der Waals surface area contributed by atoms with E-state index >= 15 is 0 Å². The van der Waals surface area contributed by atoms with Gasteiger partial charge in [0.05, 0.1) is 0 Å².